The molecule has 0 spiro atoms. The van der Waals surface area contributed by atoms with Gasteiger partial charge in [-0.15, -0.1) is 10.2 Å². The number of H-pyrrole nitrogens is 1. The van der Waals surface area contributed by atoms with Crippen molar-refractivity contribution in [3.05, 3.63) is 59.4 Å². The number of carbonyl (C=O) groups excluding carboxylic acids is 1. The standard InChI is InChI=1S/C19H18F3N5O3/c1-29-15-8-3-5-11(16(15)30-2)9-14(17-24-26-27-25-17)18(28)23-13-7-4-6-12(10-13)19(20,21)22/h3-8,10,14H,9H2,1-2H3,(H,23,28)(H,24,25,26,27). The Morgan fingerprint density at radius 3 is 2.57 bits per heavy atom. The molecule has 1 amide bonds. The van der Waals surface area contributed by atoms with E-state index in [0.717, 1.165) is 12.1 Å². The van der Waals surface area contributed by atoms with Crippen molar-refractivity contribution in [2.24, 2.45) is 0 Å². The fourth-order valence-corrected chi connectivity index (χ4v) is 2.96. The van der Waals surface area contributed by atoms with Crippen LogP contribution in [0.15, 0.2) is 42.5 Å². The second-order valence-corrected chi connectivity index (χ2v) is 6.25. The third kappa shape index (κ3) is 4.67. The molecule has 11 heteroatoms. The quantitative estimate of drug-likeness (QED) is 0.608. The summed E-state index contributed by atoms with van der Waals surface area (Å²) in [5.41, 5.74) is -0.238. The molecule has 3 rings (SSSR count). The average molecular weight is 421 g/mol. The van der Waals surface area contributed by atoms with Crippen molar-refractivity contribution in [3.63, 3.8) is 0 Å². The SMILES string of the molecule is COc1cccc(CC(C(=O)Nc2cccc(C(F)(F)F)c2)c2nn[nH]n2)c1OC. The number of amides is 1. The van der Waals surface area contributed by atoms with Gasteiger partial charge in [-0.1, -0.05) is 23.4 Å². The molecule has 158 valence electrons. The zero-order valence-electron chi connectivity index (χ0n) is 16.0. The first-order valence-corrected chi connectivity index (χ1v) is 8.74. The minimum Gasteiger partial charge on any atom is -0.493 e. The van der Waals surface area contributed by atoms with Crippen LogP contribution in [0.3, 0.4) is 0 Å². The van der Waals surface area contributed by atoms with Gasteiger partial charge in [0, 0.05) is 5.69 Å². The van der Waals surface area contributed by atoms with E-state index in [9.17, 15) is 18.0 Å². The number of para-hydroxylation sites is 1. The number of methoxy groups -OCH3 is 2. The van der Waals surface area contributed by atoms with Crippen LogP contribution in [0.5, 0.6) is 11.5 Å². The molecule has 0 fully saturated rings. The molecule has 30 heavy (non-hydrogen) atoms. The number of anilines is 1. The lowest BCUT2D eigenvalue weighted by molar-refractivity contribution is -0.137. The van der Waals surface area contributed by atoms with Crippen molar-refractivity contribution in [2.45, 2.75) is 18.5 Å². The Bertz CT molecular complexity index is 1010. The molecule has 8 nitrogen and oxygen atoms in total. The lowest BCUT2D eigenvalue weighted by atomic mass is 9.96. The number of alkyl halides is 3. The highest BCUT2D eigenvalue weighted by atomic mass is 19.4. The van der Waals surface area contributed by atoms with Gasteiger partial charge in [-0.05, 0) is 36.2 Å². The van der Waals surface area contributed by atoms with Crippen LogP contribution in [0.25, 0.3) is 0 Å². The highest BCUT2D eigenvalue weighted by Gasteiger charge is 2.31. The highest BCUT2D eigenvalue weighted by Crippen LogP contribution is 2.34. The Labute approximate surface area is 169 Å². The van der Waals surface area contributed by atoms with Crippen LogP contribution in [0.2, 0.25) is 0 Å². The van der Waals surface area contributed by atoms with E-state index in [1.165, 1.54) is 26.4 Å². The zero-order valence-corrected chi connectivity index (χ0v) is 16.0. The van der Waals surface area contributed by atoms with Gasteiger partial charge in [-0.3, -0.25) is 4.79 Å². The summed E-state index contributed by atoms with van der Waals surface area (Å²) in [5.74, 6) is -0.551. The van der Waals surface area contributed by atoms with Gasteiger partial charge in [0.1, 0.15) is 5.92 Å². The number of carbonyl (C=O) groups is 1. The van der Waals surface area contributed by atoms with E-state index >= 15 is 0 Å². The first-order chi connectivity index (χ1) is 14.3. The molecule has 1 atom stereocenters. The summed E-state index contributed by atoms with van der Waals surface area (Å²) in [6.07, 6.45) is -4.42. The number of nitrogens with zero attached hydrogens (tertiary/aromatic N) is 3. The predicted molar refractivity (Wildman–Crippen MR) is 100 cm³/mol. The van der Waals surface area contributed by atoms with Crippen molar-refractivity contribution in [1.82, 2.24) is 20.6 Å². The van der Waals surface area contributed by atoms with Gasteiger partial charge in [0.15, 0.2) is 17.3 Å². The van der Waals surface area contributed by atoms with Crippen LogP contribution in [0, 0.1) is 0 Å². The van der Waals surface area contributed by atoms with E-state index < -0.39 is 23.6 Å². The van der Waals surface area contributed by atoms with Gasteiger partial charge in [-0.2, -0.15) is 18.4 Å². The Morgan fingerprint density at radius 1 is 1.17 bits per heavy atom. The summed E-state index contributed by atoms with van der Waals surface area (Å²) in [6, 6.07) is 9.54. The van der Waals surface area contributed by atoms with E-state index in [1.54, 1.807) is 18.2 Å². The molecule has 3 aromatic rings. The Balaban J connectivity index is 1.90. The maximum atomic E-state index is 13.0. The van der Waals surface area contributed by atoms with Crippen LogP contribution in [0.1, 0.15) is 22.9 Å². The number of tetrazole rings is 1. The maximum Gasteiger partial charge on any atom is 0.416 e. The third-order valence-electron chi connectivity index (χ3n) is 4.36. The molecule has 0 radical (unpaired) electrons. The van der Waals surface area contributed by atoms with Gasteiger partial charge in [-0.25, -0.2) is 0 Å². The highest BCUT2D eigenvalue weighted by molar-refractivity contribution is 5.95. The number of aromatic nitrogens is 4. The Hall–Kier alpha value is -3.63. The van der Waals surface area contributed by atoms with Crippen LogP contribution < -0.4 is 14.8 Å². The molecule has 0 saturated heterocycles. The normalized spacial score (nSPS) is 12.3. The monoisotopic (exact) mass is 421 g/mol. The van der Waals surface area contributed by atoms with Crippen molar-refractivity contribution in [2.75, 3.05) is 19.5 Å². The number of benzene rings is 2. The molecule has 1 unspecified atom stereocenters. The minimum atomic E-state index is -4.53. The van der Waals surface area contributed by atoms with E-state index in [2.05, 4.69) is 25.9 Å². The molecule has 0 bridgehead atoms. The summed E-state index contributed by atoms with van der Waals surface area (Å²) in [5, 5.41) is 16.0. The van der Waals surface area contributed by atoms with Crippen LogP contribution in [-0.4, -0.2) is 40.8 Å². The summed E-state index contributed by atoms with van der Waals surface area (Å²) < 4.78 is 49.5. The van der Waals surface area contributed by atoms with E-state index in [-0.39, 0.29) is 17.9 Å². The molecule has 2 aromatic carbocycles. The van der Waals surface area contributed by atoms with Gasteiger partial charge >= 0.3 is 6.18 Å². The second-order valence-electron chi connectivity index (χ2n) is 6.25. The second kappa shape index (κ2) is 8.80. The first kappa shape index (κ1) is 21.1. The number of halogens is 3. The van der Waals surface area contributed by atoms with Gasteiger partial charge < -0.3 is 14.8 Å². The topological polar surface area (TPSA) is 102 Å². The largest absolute Gasteiger partial charge is 0.493 e. The minimum absolute atomic E-state index is 0.000858. The van der Waals surface area contributed by atoms with Gasteiger partial charge in [0.25, 0.3) is 0 Å². The molecule has 0 aliphatic heterocycles. The molecule has 0 aliphatic rings. The molecule has 0 aliphatic carbocycles. The van der Waals surface area contributed by atoms with Gasteiger partial charge in [0.2, 0.25) is 5.91 Å². The molecular formula is C19H18F3N5O3. The van der Waals surface area contributed by atoms with Crippen LogP contribution >= 0.6 is 0 Å². The number of nitrogens with one attached hydrogen (secondary N) is 2. The lowest BCUT2D eigenvalue weighted by Crippen LogP contribution is -2.24. The number of hydrogen-bond donors (Lipinski definition) is 2. The summed E-state index contributed by atoms with van der Waals surface area (Å²) in [4.78, 5) is 12.9. The number of aromatic amines is 1. The van der Waals surface area contributed by atoms with Crippen molar-refractivity contribution in [3.8, 4) is 11.5 Å². The van der Waals surface area contributed by atoms with Crippen LogP contribution in [0.4, 0.5) is 18.9 Å². The van der Waals surface area contributed by atoms with Gasteiger partial charge in [0.05, 0.1) is 19.8 Å². The third-order valence-corrected chi connectivity index (χ3v) is 4.36. The van der Waals surface area contributed by atoms with E-state index in [4.69, 9.17) is 9.47 Å². The fraction of sp³-hybridized carbons (Fsp3) is 0.263. The predicted octanol–water partition coefficient (Wildman–Crippen LogP) is 3.20. The summed E-state index contributed by atoms with van der Waals surface area (Å²) in [6.45, 7) is 0. The maximum absolute atomic E-state index is 13.0. The van der Waals surface area contributed by atoms with Crippen molar-refractivity contribution >= 4 is 11.6 Å². The van der Waals surface area contributed by atoms with Crippen molar-refractivity contribution < 1.29 is 27.4 Å². The molecule has 0 saturated carbocycles. The number of hydrogen-bond acceptors (Lipinski definition) is 6. The fourth-order valence-electron chi connectivity index (χ4n) is 2.96. The average Bonchev–Trinajstić information content (AvgIpc) is 3.25. The summed E-state index contributed by atoms with van der Waals surface area (Å²) >= 11 is 0. The molecule has 1 heterocycles. The molecule has 1 aromatic heterocycles. The van der Waals surface area contributed by atoms with Crippen LogP contribution in [-0.2, 0) is 17.4 Å². The Kier molecular flexibility index (Phi) is 6.19. The lowest BCUT2D eigenvalue weighted by Gasteiger charge is -2.17. The Morgan fingerprint density at radius 2 is 1.93 bits per heavy atom. The smallest absolute Gasteiger partial charge is 0.416 e. The molecular weight excluding hydrogens is 403 g/mol. The van der Waals surface area contributed by atoms with E-state index in [0.29, 0.717) is 17.1 Å². The van der Waals surface area contributed by atoms with E-state index in [1.807, 2.05) is 0 Å². The molecule has 2 N–H and O–H groups in total. The van der Waals surface area contributed by atoms with Crippen molar-refractivity contribution in [1.29, 1.82) is 0 Å². The first-order valence-electron chi connectivity index (χ1n) is 8.74. The number of ether oxygens (including phenoxy) is 2. The summed E-state index contributed by atoms with van der Waals surface area (Å²) in [7, 11) is 2.95. The number of rotatable bonds is 7. The zero-order chi connectivity index (χ0) is 21.7.